The van der Waals surface area contributed by atoms with E-state index in [0.717, 1.165) is 25.7 Å². The van der Waals surface area contributed by atoms with Crippen molar-refractivity contribution in [1.29, 1.82) is 0 Å². The topological polar surface area (TPSA) is 72.8 Å². The van der Waals surface area contributed by atoms with Crippen molar-refractivity contribution < 1.29 is 24.2 Å². The average molecular weight is 405 g/mol. The molecule has 5 heteroatoms. The first-order chi connectivity index (χ1) is 13.8. The van der Waals surface area contributed by atoms with Crippen molar-refractivity contribution in [2.24, 2.45) is 29.6 Å². The fraction of sp³-hybridized carbons (Fsp3) is 0.750. The van der Waals surface area contributed by atoms with Gasteiger partial charge in [0.25, 0.3) is 0 Å². The monoisotopic (exact) mass is 404 g/mol. The minimum absolute atomic E-state index is 0.0854. The lowest BCUT2D eigenvalue weighted by Crippen LogP contribution is -2.42. The third-order valence-electron chi connectivity index (χ3n) is 6.93. The van der Waals surface area contributed by atoms with Crippen LogP contribution in [-0.4, -0.2) is 35.4 Å². The molecule has 3 rings (SSSR count). The summed E-state index contributed by atoms with van der Waals surface area (Å²) in [6.45, 7) is 8.33. The fourth-order valence-corrected chi connectivity index (χ4v) is 5.07. The van der Waals surface area contributed by atoms with E-state index in [4.69, 9.17) is 9.47 Å². The van der Waals surface area contributed by atoms with Gasteiger partial charge in [-0.05, 0) is 49.0 Å². The molecule has 0 bridgehead atoms. The number of carbonyl (C=O) groups excluding carboxylic acids is 2. The maximum absolute atomic E-state index is 12.5. The van der Waals surface area contributed by atoms with Gasteiger partial charge in [-0.25, -0.2) is 0 Å². The molecule has 29 heavy (non-hydrogen) atoms. The van der Waals surface area contributed by atoms with Crippen molar-refractivity contribution >= 4 is 11.9 Å². The molecule has 162 valence electrons. The van der Waals surface area contributed by atoms with Crippen molar-refractivity contribution in [3.05, 3.63) is 23.8 Å². The number of esters is 2. The second-order valence-corrected chi connectivity index (χ2v) is 9.36. The lowest BCUT2D eigenvalue weighted by atomic mass is 9.65. The molecule has 0 radical (unpaired) electrons. The normalized spacial score (nSPS) is 37.9. The molecule has 5 nitrogen and oxygen atoms in total. The van der Waals surface area contributed by atoms with E-state index in [1.165, 1.54) is 5.57 Å². The standard InChI is InChI=1S/C24H36O5/c1-5-15(3)24(27)29-21-11-14(2)10-17-7-6-16(4)20(23(17)21)9-8-19-12-18(25)13-22(26)28-19/h6-7,10,14-16,18-21,23,25H,5,8-9,11-13H2,1-4H3/t14-,15?,16-,18+,19+,20-,21?,23-/m0/s1. The predicted molar refractivity (Wildman–Crippen MR) is 111 cm³/mol. The first-order valence-corrected chi connectivity index (χ1v) is 11.3. The Labute approximate surface area is 174 Å². The van der Waals surface area contributed by atoms with Gasteiger partial charge in [-0.15, -0.1) is 0 Å². The Bertz CT molecular complexity index is 666. The number of allylic oxidation sites excluding steroid dienone is 3. The first-order valence-electron chi connectivity index (χ1n) is 11.3. The van der Waals surface area contributed by atoms with Gasteiger partial charge in [-0.1, -0.05) is 45.9 Å². The molecule has 8 atom stereocenters. The summed E-state index contributed by atoms with van der Waals surface area (Å²) in [4.78, 5) is 24.2. The smallest absolute Gasteiger partial charge is 0.308 e. The number of hydrogen-bond donors (Lipinski definition) is 1. The van der Waals surface area contributed by atoms with Crippen LogP contribution < -0.4 is 0 Å². The molecule has 1 saturated heterocycles. The van der Waals surface area contributed by atoms with Gasteiger partial charge >= 0.3 is 11.9 Å². The van der Waals surface area contributed by atoms with Gasteiger partial charge in [-0.2, -0.15) is 0 Å². The predicted octanol–water partition coefficient (Wildman–Crippen LogP) is 4.20. The minimum atomic E-state index is -0.597. The van der Waals surface area contributed by atoms with Crippen LogP contribution in [0.2, 0.25) is 0 Å². The van der Waals surface area contributed by atoms with Crippen molar-refractivity contribution in [2.75, 3.05) is 0 Å². The number of cyclic esters (lactones) is 1. The minimum Gasteiger partial charge on any atom is -0.462 e. The van der Waals surface area contributed by atoms with E-state index in [0.29, 0.717) is 24.2 Å². The lowest BCUT2D eigenvalue weighted by Gasteiger charge is -2.43. The Morgan fingerprint density at radius 3 is 2.76 bits per heavy atom. The maximum atomic E-state index is 12.5. The summed E-state index contributed by atoms with van der Waals surface area (Å²) in [5.41, 5.74) is 1.27. The van der Waals surface area contributed by atoms with E-state index in [1.54, 1.807) is 0 Å². The number of rotatable bonds is 6. The van der Waals surface area contributed by atoms with E-state index in [9.17, 15) is 14.7 Å². The molecule has 1 N–H and O–H groups in total. The highest BCUT2D eigenvalue weighted by Crippen LogP contribution is 2.45. The Balaban J connectivity index is 1.74. The molecule has 1 aliphatic heterocycles. The lowest BCUT2D eigenvalue weighted by molar-refractivity contribution is -0.162. The number of ether oxygens (including phenoxy) is 2. The van der Waals surface area contributed by atoms with Gasteiger partial charge in [0.2, 0.25) is 0 Å². The number of aliphatic hydroxyl groups is 1. The van der Waals surface area contributed by atoms with Gasteiger partial charge in [0.15, 0.2) is 0 Å². The third kappa shape index (κ3) is 5.30. The van der Waals surface area contributed by atoms with E-state index < -0.39 is 6.10 Å². The summed E-state index contributed by atoms with van der Waals surface area (Å²) < 4.78 is 11.5. The van der Waals surface area contributed by atoms with Crippen LogP contribution in [0, 0.1) is 29.6 Å². The van der Waals surface area contributed by atoms with Crippen LogP contribution in [0.4, 0.5) is 0 Å². The number of hydrogen-bond acceptors (Lipinski definition) is 5. The highest BCUT2D eigenvalue weighted by Gasteiger charge is 2.42. The first kappa shape index (κ1) is 22.1. The third-order valence-corrected chi connectivity index (χ3v) is 6.93. The molecule has 0 aromatic heterocycles. The maximum Gasteiger partial charge on any atom is 0.308 e. The van der Waals surface area contributed by atoms with Gasteiger partial charge in [0.1, 0.15) is 12.2 Å². The number of fused-ring (bicyclic) bond motifs is 1. The zero-order valence-corrected chi connectivity index (χ0v) is 18.2. The van der Waals surface area contributed by atoms with E-state index >= 15 is 0 Å². The summed E-state index contributed by atoms with van der Waals surface area (Å²) in [7, 11) is 0. The second-order valence-electron chi connectivity index (χ2n) is 9.36. The van der Waals surface area contributed by atoms with E-state index in [2.05, 4.69) is 32.1 Å². The molecular weight excluding hydrogens is 368 g/mol. The second kappa shape index (κ2) is 9.46. The quantitative estimate of drug-likeness (QED) is 0.672. The van der Waals surface area contributed by atoms with Gasteiger partial charge in [-0.3, -0.25) is 9.59 Å². The molecule has 1 heterocycles. The van der Waals surface area contributed by atoms with Crippen molar-refractivity contribution in [3.63, 3.8) is 0 Å². The molecule has 2 aliphatic carbocycles. The molecule has 0 aromatic carbocycles. The molecule has 2 unspecified atom stereocenters. The van der Waals surface area contributed by atoms with Crippen molar-refractivity contribution in [1.82, 2.24) is 0 Å². The van der Waals surface area contributed by atoms with Crippen LogP contribution in [0.25, 0.3) is 0 Å². The van der Waals surface area contributed by atoms with Crippen LogP contribution in [0.1, 0.15) is 66.2 Å². The number of aliphatic hydroxyl groups excluding tert-OH is 1. The summed E-state index contributed by atoms with van der Waals surface area (Å²) in [6, 6.07) is 0. The summed E-state index contributed by atoms with van der Waals surface area (Å²) in [5.74, 6) is 0.755. The highest BCUT2D eigenvalue weighted by atomic mass is 16.5. The largest absolute Gasteiger partial charge is 0.462 e. The van der Waals surface area contributed by atoms with Gasteiger partial charge in [0, 0.05) is 12.3 Å². The molecule has 0 saturated carbocycles. The zero-order chi connectivity index (χ0) is 21.1. The van der Waals surface area contributed by atoms with Gasteiger partial charge in [0.05, 0.1) is 18.4 Å². The Morgan fingerprint density at radius 1 is 1.31 bits per heavy atom. The van der Waals surface area contributed by atoms with Crippen LogP contribution >= 0.6 is 0 Å². The van der Waals surface area contributed by atoms with Crippen molar-refractivity contribution in [3.8, 4) is 0 Å². The average Bonchev–Trinajstić information content (AvgIpc) is 2.65. The molecule has 3 aliphatic rings. The molecule has 0 aromatic rings. The Hall–Kier alpha value is -1.62. The SMILES string of the molecule is CCC(C)C(=O)OC1C[C@@H](C)C=C2C=C[C@H](C)[C@H](CC[C@@H]3C[C@@H](O)CC(=O)O3)[C@H]21. The van der Waals surface area contributed by atoms with Crippen molar-refractivity contribution in [2.45, 2.75) is 84.5 Å². The van der Waals surface area contributed by atoms with Crippen LogP contribution in [0.5, 0.6) is 0 Å². The summed E-state index contributed by atoms with van der Waals surface area (Å²) in [6.07, 6.45) is 9.70. The molecule has 0 amide bonds. The Morgan fingerprint density at radius 2 is 2.07 bits per heavy atom. The zero-order valence-electron chi connectivity index (χ0n) is 18.2. The number of carbonyl (C=O) groups is 2. The summed E-state index contributed by atoms with van der Waals surface area (Å²) in [5, 5.41) is 9.89. The van der Waals surface area contributed by atoms with Gasteiger partial charge < -0.3 is 14.6 Å². The fourth-order valence-electron chi connectivity index (χ4n) is 5.07. The van der Waals surface area contributed by atoms with Crippen LogP contribution in [-0.2, 0) is 19.1 Å². The molecular formula is C24H36O5. The highest BCUT2D eigenvalue weighted by molar-refractivity contribution is 5.72. The molecule has 0 spiro atoms. The van der Waals surface area contributed by atoms with Crippen LogP contribution in [0.15, 0.2) is 23.8 Å². The molecule has 1 fully saturated rings. The summed E-state index contributed by atoms with van der Waals surface area (Å²) >= 11 is 0. The Kier molecular flexibility index (Phi) is 7.20. The van der Waals surface area contributed by atoms with Crippen LogP contribution in [0.3, 0.4) is 0 Å². The van der Waals surface area contributed by atoms with E-state index in [1.807, 2.05) is 13.8 Å². The van der Waals surface area contributed by atoms with E-state index in [-0.39, 0.29) is 42.4 Å².